The Morgan fingerprint density at radius 2 is 2.00 bits per heavy atom. The van der Waals surface area contributed by atoms with Crippen LogP contribution in [0.2, 0.25) is 0 Å². The number of ether oxygens (including phenoxy) is 1. The third kappa shape index (κ3) is 1.66. The second-order valence-electron chi connectivity index (χ2n) is 3.17. The maximum absolute atomic E-state index is 5.47. The molecule has 3 nitrogen and oxygen atoms in total. The van der Waals surface area contributed by atoms with Gasteiger partial charge >= 0.3 is 0 Å². The quantitative estimate of drug-likeness (QED) is 0.716. The second kappa shape index (κ2) is 3.62. The Bertz CT molecular complexity index is 343. The predicted octanol–water partition coefficient (Wildman–Crippen LogP) is 2.35. The van der Waals surface area contributed by atoms with Gasteiger partial charge < -0.3 is 9.57 Å². The molecular weight excluding hydrogens is 178 g/mol. The summed E-state index contributed by atoms with van der Waals surface area (Å²) in [6.07, 6.45) is 2.05. The number of allylic oxidation sites excluding steroid dienone is 1. The summed E-state index contributed by atoms with van der Waals surface area (Å²) in [4.78, 5) is 5.47. The number of rotatable bonds is 2. The van der Waals surface area contributed by atoms with Gasteiger partial charge in [0.05, 0.1) is 19.3 Å². The van der Waals surface area contributed by atoms with Gasteiger partial charge in [0.15, 0.2) is 0 Å². The van der Waals surface area contributed by atoms with E-state index < -0.39 is 0 Å². The first-order valence-corrected chi connectivity index (χ1v) is 4.56. The van der Waals surface area contributed by atoms with Crippen molar-refractivity contribution in [1.29, 1.82) is 0 Å². The van der Waals surface area contributed by atoms with E-state index in [-0.39, 0.29) is 0 Å². The van der Waals surface area contributed by atoms with Gasteiger partial charge in [-0.2, -0.15) is 0 Å². The van der Waals surface area contributed by atoms with Crippen molar-refractivity contribution >= 4 is 5.69 Å². The predicted molar refractivity (Wildman–Crippen MR) is 55.2 cm³/mol. The monoisotopic (exact) mass is 191 g/mol. The molecule has 3 heteroatoms. The number of methoxy groups -OCH3 is 1. The minimum atomic E-state index is 0.804. The van der Waals surface area contributed by atoms with E-state index in [0.717, 1.165) is 23.7 Å². The summed E-state index contributed by atoms with van der Waals surface area (Å²) in [5.41, 5.74) is 1.04. The van der Waals surface area contributed by atoms with E-state index in [9.17, 15) is 0 Å². The maximum Gasteiger partial charge on any atom is 0.127 e. The fraction of sp³-hybridized carbons (Fsp3) is 0.273. The third-order valence-corrected chi connectivity index (χ3v) is 2.16. The molecule has 0 radical (unpaired) electrons. The Hall–Kier alpha value is -1.64. The molecule has 1 heterocycles. The molecule has 2 rings (SSSR count). The molecule has 1 aromatic rings. The standard InChI is InChI=1S/C11H13NO2/c1-9-7-8-12(14-9)10-3-5-11(13-2)6-4-10/h3-7H,8H2,1-2H3. The van der Waals surface area contributed by atoms with E-state index in [2.05, 4.69) is 0 Å². The highest BCUT2D eigenvalue weighted by molar-refractivity contribution is 5.48. The Labute approximate surface area is 83.5 Å². The van der Waals surface area contributed by atoms with E-state index in [4.69, 9.17) is 9.57 Å². The molecular formula is C11H13NO2. The molecule has 0 amide bonds. The first-order chi connectivity index (χ1) is 6.79. The number of nitrogens with zero attached hydrogens (tertiary/aromatic N) is 1. The summed E-state index contributed by atoms with van der Waals surface area (Å²) >= 11 is 0. The smallest absolute Gasteiger partial charge is 0.127 e. The molecule has 74 valence electrons. The van der Waals surface area contributed by atoms with Crippen molar-refractivity contribution in [2.75, 3.05) is 18.7 Å². The molecule has 1 aliphatic heterocycles. The van der Waals surface area contributed by atoms with Crippen molar-refractivity contribution in [1.82, 2.24) is 0 Å². The molecule has 14 heavy (non-hydrogen) atoms. The molecule has 0 bridgehead atoms. The number of hydrogen-bond donors (Lipinski definition) is 0. The van der Waals surface area contributed by atoms with Crippen LogP contribution in [0.15, 0.2) is 36.1 Å². The molecule has 0 saturated carbocycles. The summed E-state index contributed by atoms with van der Waals surface area (Å²) in [6.45, 7) is 2.75. The molecule has 0 aliphatic carbocycles. The Morgan fingerprint density at radius 3 is 2.50 bits per heavy atom. The fourth-order valence-electron chi connectivity index (χ4n) is 1.37. The van der Waals surface area contributed by atoms with Crippen LogP contribution in [-0.2, 0) is 4.84 Å². The normalized spacial score (nSPS) is 15.0. The highest BCUT2D eigenvalue weighted by Gasteiger charge is 2.12. The SMILES string of the molecule is COc1ccc(N2CC=C(C)O2)cc1. The molecule has 0 N–H and O–H groups in total. The van der Waals surface area contributed by atoms with Crippen LogP contribution in [0.5, 0.6) is 5.75 Å². The van der Waals surface area contributed by atoms with Gasteiger partial charge in [0.1, 0.15) is 11.5 Å². The van der Waals surface area contributed by atoms with Gasteiger partial charge in [0.2, 0.25) is 0 Å². The van der Waals surface area contributed by atoms with E-state index >= 15 is 0 Å². The van der Waals surface area contributed by atoms with Crippen LogP contribution >= 0.6 is 0 Å². The summed E-state index contributed by atoms with van der Waals surface area (Å²) in [6, 6.07) is 7.80. The minimum absolute atomic E-state index is 0.804. The van der Waals surface area contributed by atoms with Gasteiger partial charge in [-0.3, -0.25) is 0 Å². The zero-order valence-electron chi connectivity index (χ0n) is 8.36. The Morgan fingerprint density at radius 1 is 1.29 bits per heavy atom. The first kappa shape index (κ1) is 8.94. The van der Waals surface area contributed by atoms with Crippen molar-refractivity contribution < 1.29 is 9.57 Å². The molecule has 1 aromatic carbocycles. The Balaban J connectivity index is 2.11. The lowest BCUT2D eigenvalue weighted by atomic mass is 10.3. The van der Waals surface area contributed by atoms with E-state index in [1.54, 1.807) is 7.11 Å². The van der Waals surface area contributed by atoms with E-state index in [1.165, 1.54) is 0 Å². The average Bonchev–Trinajstić information content (AvgIpc) is 2.65. The molecule has 0 saturated heterocycles. The van der Waals surface area contributed by atoms with Crippen molar-refractivity contribution in [2.45, 2.75) is 6.92 Å². The molecule has 0 unspecified atom stereocenters. The largest absolute Gasteiger partial charge is 0.497 e. The molecule has 0 atom stereocenters. The van der Waals surface area contributed by atoms with Crippen molar-refractivity contribution in [3.63, 3.8) is 0 Å². The van der Waals surface area contributed by atoms with Gasteiger partial charge in [-0.25, -0.2) is 5.06 Å². The lowest BCUT2D eigenvalue weighted by Crippen LogP contribution is -2.16. The van der Waals surface area contributed by atoms with Crippen molar-refractivity contribution in [2.24, 2.45) is 0 Å². The van der Waals surface area contributed by atoms with E-state index in [1.807, 2.05) is 42.3 Å². The van der Waals surface area contributed by atoms with Crippen LogP contribution in [0.3, 0.4) is 0 Å². The van der Waals surface area contributed by atoms with Crippen LogP contribution in [-0.4, -0.2) is 13.7 Å². The zero-order chi connectivity index (χ0) is 9.97. The highest BCUT2D eigenvalue weighted by atomic mass is 16.7. The summed E-state index contributed by atoms with van der Waals surface area (Å²) in [5.74, 6) is 1.80. The van der Waals surface area contributed by atoms with E-state index in [0.29, 0.717) is 0 Å². The van der Waals surface area contributed by atoms with Crippen LogP contribution in [0.1, 0.15) is 6.92 Å². The molecule has 0 spiro atoms. The number of anilines is 1. The molecule has 0 fully saturated rings. The van der Waals surface area contributed by atoms with Gasteiger partial charge in [-0.1, -0.05) is 0 Å². The Kier molecular flexibility index (Phi) is 2.31. The minimum Gasteiger partial charge on any atom is -0.497 e. The summed E-state index contributed by atoms with van der Waals surface area (Å²) in [7, 11) is 1.66. The van der Waals surface area contributed by atoms with Crippen molar-refractivity contribution in [3.8, 4) is 5.75 Å². The van der Waals surface area contributed by atoms with Gasteiger partial charge in [-0.15, -0.1) is 0 Å². The number of hydrogen-bond acceptors (Lipinski definition) is 3. The highest BCUT2D eigenvalue weighted by Crippen LogP contribution is 2.23. The topological polar surface area (TPSA) is 21.7 Å². The maximum atomic E-state index is 5.47. The lowest BCUT2D eigenvalue weighted by Gasteiger charge is -2.17. The molecule has 1 aliphatic rings. The van der Waals surface area contributed by atoms with Gasteiger partial charge in [0.25, 0.3) is 0 Å². The first-order valence-electron chi connectivity index (χ1n) is 4.56. The summed E-state index contributed by atoms with van der Waals surface area (Å²) < 4.78 is 5.08. The lowest BCUT2D eigenvalue weighted by molar-refractivity contribution is 0.214. The fourth-order valence-corrected chi connectivity index (χ4v) is 1.37. The van der Waals surface area contributed by atoms with Crippen LogP contribution in [0.25, 0.3) is 0 Å². The zero-order valence-corrected chi connectivity index (χ0v) is 8.36. The van der Waals surface area contributed by atoms with Crippen LogP contribution in [0.4, 0.5) is 5.69 Å². The molecule has 0 aromatic heterocycles. The van der Waals surface area contributed by atoms with Crippen LogP contribution in [0, 0.1) is 0 Å². The van der Waals surface area contributed by atoms with Gasteiger partial charge in [-0.05, 0) is 37.3 Å². The number of benzene rings is 1. The second-order valence-corrected chi connectivity index (χ2v) is 3.17. The number of hydroxylamine groups is 1. The van der Waals surface area contributed by atoms with Crippen molar-refractivity contribution in [3.05, 3.63) is 36.1 Å². The van der Waals surface area contributed by atoms with Crippen LogP contribution < -0.4 is 9.80 Å². The third-order valence-electron chi connectivity index (χ3n) is 2.16. The summed E-state index contributed by atoms with van der Waals surface area (Å²) in [5, 5.41) is 1.84. The van der Waals surface area contributed by atoms with Gasteiger partial charge in [0, 0.05) is 0 Å². The average molecular weight is 191 g/mol.